The van der Waals surface area contributed by atoms with Gasteiger partial charge in [-0.25, -0.2) is 4.79 Å². The molecule has 4 rings (SSSR count). The third-order valence-corrected chi connectivity index (χ3v) is 6.19. The van der Waals surface area contributed by atoms with E-state index < -0.39 is 21.3 Å². The van der Waals surface area contributed by atoms with E-state index in [0.717, 1.165) is 22.7 Å². The van der Waals surface area contributed by atoms with Crippen LogP contribution in [0.3, 0.4) is 0 Å². The first kappa shape index (κ1) is 25.2. The van der Waals surface area contributed by atoms with E-state index in [1.54, 1.807) is 37.3 Å². The maximum Gasteiger partial charge on any atom is 0.397 e. The van der Waals surface area contributed by atoms with E-state index in [1.165, 1.54) is 24.1 Å². The van der Waals surface area contributed by atoms with Crippen molar-refractivity contribution in [1.29, 1.82) is 0 Å². The highest BCUT2D eigenvalue weighted by atomic mass is 32.3. The van der Waals surface area contributed by atoms with Crippen LogP contribution in [0.4, 0.5) is 11.4 Å². The zero-order valence-electron chi connectivity index (χ0n) is 18.1. The molecule has 14 heteroatoms. The summed E-state index contributed by atoms with van der Waals surface area (Å²) in [6.45, 7) is 4.45. The molecule has 0 bridgehead atoms. The van der Waals surface area contributed by atoms with Gasteiger partial charge in [0.2, 0.25) is 0 Å². The summed E-state index contributed by atoms with van der Waals surface area (Å²) < 4.78 is 35.0. The molecule has 0 aliphatic carbocycles. The molecule has 2 aromatic rings. The molecule has 2 aliphatic heterocycles. The van der Waals surface area contributed by atoms with Crippen molar-refractivity contribution in [3.8, 4) is 0 Å². The van der Waals surface area contributed by atoms with Gasteiger partial charge in [0.1, 0.15) is 11.5 Å². The van der Waals surface area contributed by atoms with Gasteiger partial charge in [-0.15, -0.1) is 0 Å². The Kier molecular flexibility index (Phi) is 7.56. The first-order valence-corrected chi connectivity index (χ1v) is 11.8. The summed E-state index contributed by atoms with van der Waals surface area (Å²) in [6.07, 6.45) is 4.99. The lowest BCUT2D eigenvalue weighted by molar-refractivity contribution is -0.385. The molecule has 1 N–H and O–H groups in total. The Bertz CT molecular complexity index is 1330. The molecule has 0 saturated carbocycles. The summed E-state index contributed by atoms with van der Waals surface area (Å²) in [5, 5.41) is 15.8. The number of rotatable bonds is 5. The van der Waals surface area contributed by atoms with Crippen LogP contribution in [-0.2, 0) is 24.2 Å². The third kappa shape index (κ3) is 5.53. The predicted molar refractivity (Wildman–Crippen MR) is 123 cm³/mol. The highest BCUT2D eigenvalue weighted by Crippen LogP contribution is 2.47. The fraction of sp³-hybridized carbons (Fsp3) is 0.200. The third-order valence-electron chi connectivity index (χ3n) is 4.65. The largest absolute Gasteiger partial charge is 0.469 e. The van der Waals surface area contributed by atoms with Crippen LogP contribution in [0.2, 0.25) is 0 Å². The number of carbonyl (C=O) groups is 1. The molecule has 1 aromatic carbocycles. The lowest BCUT2D eigenvalue weighted by atomic mass is 10.0. The minimum absolute atomic E-state index is 0.0473. The molecule has 0 unspecified atom stereocenters. The van der Waals surface area contributed by atoms with Gasteiger partial charge in [0.05, 0.1) is 34.6 Å². The molecule has 0 atom stereocenters. The van der Waals surface area contributed by atoms with Crippen LogP contribution < -0.4 is 4.90 Å². The maximum absolute atomic E-state index is 12.1. The Balaban J connectivity index is 0.000000481. The van der Waals surface area contributed by atoms with Crippen LogP contribution in [0, 0.1) is 17.0 Å². The van der Waals surface area contributed by atoms with Crippen LogP contribution in [0.15, 0.2) is 67.8 Å². The van der Waals surface area contributed by atoms with Crippen molar-refractivity contribution < 1.29 is 36.1 Å². The zero-order valence-corrected chi connectivity index (χ0v) is 19.8. The highest BCUT2D eigenvalue weighted by molar-refractivity contribution is 8.03. The van der Waals surface area contributed by atoms with Gasteiger partial charge in [0.15, 0.2) is 0 Å². The molecule has 12 nitrogen and oxygen atoms in total. The van der Waals surface area contributed by atoms with E-state index in [1.807, 2.05) is 11.8 Å². The summed E-state index contributed by atoms with van der Waals surface area (Å²) >= 11 is 1.41. The van der Waals surface area contributed by atoms with Crippen LogP contribution in [0.25, 0.3) is 0 Å². The Morgan fingerprint density at radius 2 is 2.03 bits per heavy atom. The average Bonchev–Trinajstić information content (AvgIpc) is 3.47. The summed E-state index contributed by atoms with van der Waals surface area (Å²) in [5.74, 6) is 0.104. The van der Waals surface area contributed by atoms with Gasteiger partial charge in [-0.1, -0.05) is 16.9 Å². The number of thioether (sulfide) groups is 1. The second-order valence-corrected chi connectivity index (χ2v) is 8.90. The fourth-order valence-corrected chi connectivity index (χ4v) is 4.23. The number of nitro groups is 1. The Labute approximate surface area is 198 Å². The smallest absolute Gasteiger partial charge is 0.397 e. The normalized spacial score (nSPS) is 17.4. The number of fused-ring (bicyclic) bond motifs is 1. The number of non-ortho nitro benzene ring substituents is 1. The molecule has 0 saturated heterocycles. The predicted octanol–water partition coefficient (Wildman–Crippen LogP) is 3.59. The van der Waals surface area contributed by atoms with Crippen molar-refractivity contribution in [3.63, 3.8) is 0 Å². The number of nitrogens with zero attached hydrogens (tertiary/aromatic N) is 3. The van der Waals surface area contributed by atoms with E-state index in [0.29, 0.717) is 29.2 Å². The van der Waals surface area contributed by atoms with Gasteiger partial charge in [-0.2, -0.15) is 8.42 Å². The molecule has 2 aliphatic rings. The van der Waals surface area contributed by atoms with Gasteiger partial charge in [0.25, 0.3) is 5.69 Å². The number of oxime groups is 1. The molecule has 3 heterocycles. The standard InChI is InChI=1S/C19H15N3O5S.CH4O4S/c1-3-21-15-6-4-12(22(24)25)10-16(15)28-17(21)7-5-14-18(20-27-19(14)23)13-8-9-26-11(13)2;1-5-6(2,3)4/h4-10H,3H2,1-2H3;1H3,(H,2,3,4). The van der Waals surface area contributed by atoms with Crippen molar-refractivity contribution in [2.75, 3.05) is 18.6 Å². The minimum Gasteiger partial charge on any atom is -0.469 e. The lowest BCUT2D eigenvalue weighted by Crippen LogP contribution is -2.16. The molecule has 0 fully saturated rings. The second kappa shape index (κ2) is 10.2. The number of hydrogen-bond donors (Lipinski definition) is 1. The van der Waals surface area contributed by atoms with E-state index in [2.05, 4.69) is 9.34 Å². The van der Waals surface area contributed by atoms with Crippen LogP contribution in [0.1, 0.15) is 18.2 Å². The highest BCUT2D eigenvalue weighted by Gasteiger charge is 2.30. The maximum atomic E-state index is 12.1. The van der Waals surface area contributed by atoms with Crippen molar-refractivity contribution >= 4 is 45.2 Å². The van der Waals surface area contributed by atoms with Crippen LogP contribution in [-0.4, -0.2) is 43.2 Å². The second-order valence-electron chi connectivity index (χ2n) is 6.64. The summed E-state index contributed by atoms with van der Waals surface area (Å²) in [6, 6.07) is 6.52. The fourth-order valence-electron chi connectivity index (χ4n) is 3.07. The van der Waals surface area contributed by atoms with Crippen molar-refractivity contribution in [2.45, 2.75) is 18.7 Å². The van der Waals surface area contributed by atoms with Crippen LogP contribution >= 0.6 is 11.8 Å². The molecular weight excluding hydrogens is 490 g/mol. The summed E-state index contributed by atoms with van der Waals surface area (Å²) in [4.78, 5) is 30.4. The number of benzene rings is 1. The lowest BCUT2D eigenvalue weighted by Gasteiger charge is -2.17. The molecule has 1 aromatic heterocycles. The Morgan fingerprint density at radius 1 is 1.32 bits per heavy atom. The monoisotopic (exact) mass is 509 g/mol. The number of anilines is 1. The zero-order chi connectivity index (χ0) is 25.0. The molecular formula is C20H19N3O9S2. The Morgan fingerprint density at radius 3 is 2.59 bits per heavy atom. The van der Waals surface area contributed by atoms with E-state index in [9.17, 15) is 23.3 Å². The molecule has 180 valence electrons. The quantitative estimate of drug-likeness (QED) is 0.206. The van der Waals surface area contributed by atoms with Crippen LogP contribution in [0.5, 0.6) is 0 Å². The van der Waals surface area contributed by atoms with Gasteiger partial charge in [-0.3, -0.25) is 18.9 Å². The summed E-state index contributed by atoms with van der Waals surface area (Å²) in [5.41, 5.74) is 2.39. The van der Waals surface area contributed by atoms with Gasteiger partial charge >= 0.3 is 16.4 Å². The topological polar surface area (TPSA) is 162 Å². The van der Waals surface area contributed by atoms with E-state index >= 15 is 0 Å². The average molecular weight is 510 g/mol. The van der Waals surface area contributed by atoms with Crippen molar-refractivity contribution in [2.24, 2.45) is 5.16 Å². The number of hydrogen-bond acceptors (Lipinski definition) is 11. The van der Waals surface area contributed by atoms with E-state index in [-0.39, 0.29) is 5.69 Å². The van der Waals surface area contributed by atoms with Crippen molar-refractivity contribution in [3.05, 3.63) is 74.7 Å². The van der Waals surface area contributed by atoms with E-state index in [4.69, 9.17) is 13.8 Å². The first-order valence-electron chi connectivity index (χ1n) is 9.58. The SMILES string of the molecule is CCN1C(=CC=C2C(=O)ON=C2c2ccoc2C)Sc2cc([N+](=O)[O-])ccc21.COS(=O)(=O)O. The van der Waals surface area contributed by atoms with Gasteiger partial charge in [-0.05, 0) is 38.1 Å². The number of carbonyl (C=O) groups excluding carboxylic acids is 1. The number of furan rings is 1. The molecule has 34 heavy (non-hydrogen) atoms. The minimum atomic E-state index is -4.16. The molecule has 0 spiro atoms. The van der Waals surface area contributed by atoms with Gasteiger partial charge in [0, 0.05) is 29.1 Å². The summed E-state index contributed by atoms with van der Waals surface area (Å²) in [7, 11) is -3.29. The number of aryl methyl sites for hydroxylation is 1. The van der Waals surface area contributed by atoms with Crippen molar-refractivity contribution in [1.82, 2.24) is 0 Å². The molecule has 0 radical (unpaired) electrons. The number of nitro benzene ring substituents is 1. The first-order chi connectivity index (χ1) is 16.1. The van der Waals surface area contributed by atoms with Gasteiger partial charge < -0.3 is 14.2 Å². The Hall–Kier alpha value is -3.46. The molecule has 0 amide bonds. The number of allylic oxidation sites excluding steroid dienone is 2.